The van der Waals surface area contributed by atoms with Crippen LogP contribution in [0.4, 0.5) is 52.7 Å². The molecule has 3 atom stereocenters. The van der Waals surface area contributed by atoms with E-state index in [1.807, 2.05) is 0 Å². The van der Waals surface area contributed by atoms with Gasteiger partial charge in [-0.05, 0) is 0 Å². The molecular formula is C11H10F12O. The molecule has 1 fully saturated rings. The van der Waals surface area contributed by atoms with E-state index in [-0.39, 0.29) is 20.8 Å². The van der Waals surface area contributed by atoms with Crippen molar-refractivity contribution in [2.45, 2.75) is 62.6 Å². The van der Waals surface area contributed by atoms with Gasteiger partial charge in [-0.1, -0.05) is 20.8 Å². The first kappa shape index (κ1) is 21.2. The number of hydrogen-bond acceptors (Lipinski definition) is 1. The molecule has 1 aliphatic rings. The van der Waals surface area contributed by atoms with Crippen molar-refractivity contribution in [2.24, 2.45) is 5.41 Å². The molecule has 24 heavy (non-hydrogen) atoms. The second-order valence-corrected chi connectivity index (χ2v) is 6.20. The van der Waals surface area contributed by atoms with Gasteiger partial charge in [0.2, 0.25) is 5.67 Å². The Hall–Kier alpha value is -0.880. The third kappa shape index (κ3) is 2.02. The summed E-state index contributed by atoms with van der Waals surface area (Å²) in [7, 11) is 0. The van der Waals surface area contributed by atoms with Gasteiger partial charge in [0, 0.05) is 5.41 Å². The van der Waals surface area contributed by atoms with Crippen molar-refractivity contribution in [2.75, 3.05) is 0 Å². The lowest BCUT2D eigenvalue weighted by Crippen LogP contribution is -2.86. The molecule has 1 nitrogen and oxygen atoms in total. The highest BCUT2D eigenvalue weighted by atomic mass is 19.4. The molecule has 0 amide bonds. The number of halogens is 12. The molecule has 0 radical (unpaired) electrons. The van der Waals surface area contributed by atoms with E-state index in [1.165, 1.54) is 0 Å². The zero-order valence-corrected chi connectivity index (χ0v) is 12.0. The highest BCUT2D eigenvalue weighted by Gasteiger charge is 2.99. The fourth-order valence-electron chi connectivity index (χ4n) is 2.50. The van der Waals surface area contributed by atoms with Crippen molar-refractivity contribution < 1.29 is 57.4 Å². The van der Waals surface area contributed by atoms with Crippen molar-refractivity contribution in [3.8, 4) is 0 Å². The molecule has 13 heteroatoms. The Bertz CT molecular complexity index is 508. The molecule has 1 heterocycles. The molecule has 0 saturated carbocycles. The van der Waals surface area contributed by atoms with Crippen molar-refractivity contribution in [3.05, 3.63) is 0 Å². The molecule has 1 saturated heterocycles. The average molecular weight is 386 g/mol. The normalized spacial score (nSPS) is 40.0. The van der Waals surface area contributed by atoms with E-state index >= 15 is 0 Å². The Morgan fingerprint density at radius 1 is 0.750 bits per heavy atom. The van der Waals surface area contributed by atoms with Crippen molar-refractivity contribution in [1.29, 1.82) is 0 Å². The van der Waals surface area contributed by atoms with Crippen LogP contribution in [0.5, 0.6) is 0 Å². The summed E-state index contributed by atoms with van der Waals surface area (Å²) in [5, 5.41) is 0. The summed E-state index contributed by atoms with van der Waals surface area (Å²) >= 11 is 0. The van der Waals surface area contributed by atoms with Crippen LogP contribution in [0.15, 0.2) is 0 Å². The van der Waals surface area contributed by atoms with Crippen LogP contribution < -0.4 is 0 Å². The van der Waals surface area contributed by atoms with Gasteiger partial charge in [0.1, 0.15) is 0 Å². The highest BCUT2D eigenvalue weighted by Crippen LogP contribution is 2.70. The molecular weight excluding hydrogens is 376 g/mol. The fourth-order valence-corrected chi connectivity index (χ4v) is 2.50. The maximum atomic E-state index is 14.8. The van der Waals surface area contributed by atoms with Gasteiger partial charge in [-0.25, -0.2) is 17.6 Å². The van der Waals surface area contributed by atoms with Gasteiger partial charge in [0.05, 0.1) is 0 Å². The Morgan fingerprint density at radius 3 is 1.38 bits per heavy atom. The van der Waals surface area contributed by atoms with Crippen LogP contribution in [0.1, 0.15) is 20.8 Å². The summed E-state index contributed by atoms with van der Waals surface area (Å²) < 4.78 is 164. The van der Waals surface area contributed by atoms with E-state index in [9.17, 15) is 52.7 Å². The minimum Gasteiger partial charge on any atom is -0.269 e. The summed E-state index contributed by atoms with van der Waals surface area (Å²) in [4.78, 5) is 0. The smallest absolute Gasteiger partial charge is 0.269 e. The van der Waals surface area contributed by atoms with Gasteiger partial charge in [-0.15, -0.1) is 0 Å². The van der Waals surface area contributed by atoms with Crippen LogP contribution in [0, 0.1) is 5.41 Å². The molecule has 0 N–H and O–H groups in total. The summed E-state index contributed by atoms with van der Waals surface area (Å²) in [6.45, 7) is 0.275. The molecule has 0 aromatic carbocycles. The van der Waals surface area contributed by atoms with Gasteiger partial charge in [-0.3, -0.25) is 4.74 Å². The average Bonchev–Trinajstić information content (AvgIpc) is 2.30. The first-order chi connectivity index (χ1) is 10.2. The standard InChI is InChI=1S/C11H10F12O/c1-5(2,3)7(15)8(16,10(19,20)21)11(22,23)24-6(14,4(12)13)9(7,17)18/h4H,1-3H3. The lowest BCUT2D eigenvalue weighted by Gasteiger charge is -2.58. The monoisotopic (exact) mass is 386 g/mol. The van der Waals surface area contributed by atoms with Gasteiger partial charge < -0.3 is 0 Å². The van der Waals surface area contributed by atoms with E-state index in [2.05, 4.69) is 4.74 Å². The topological polar surface area (TPSA) is 9.23 Å². The minimum atomic E-state index is -7.06. The Balaban J connectivity index is 4.02. The molecule has 1 aliphatic heterocycles. The first-order valence-electron chi connectivity index (χ1n) is 6.02. The highest BCUT2D eigenvalue weighted by molar-refractivity contribution is 5.26. The summed E-state index contributed by atoms with van der Waals surface area (Å²) in [5.41, 5.74) is -16.4. The van der Waals surface area contributed by atoms with Crippen LogP contribution in [-0.2, 0) is 4.74 Å². The molecule has 0 aliphatic carbocycles. The molecule has 144 valence electrons. The fraction of sp³-hybridized carbons (Fsp3) is 1.00. The lowest BCUT2D eigenvalue weighted by atomic mass is 9.61. The first-order valence-corrected chi connectivity index (χ1v) is 6.02. The quantitative estimate of drug-likeness (QED) is 0.563. The molecule has 0 bridgehead atoms. The van der Waals surface area contributed by atoms with E-state index in [0.29, 0.717) is 0 Å². The van der Waals surface area contributed by atoms with E-state index in [4.69, 9.17) is 0 Å². The van der Waals surface area contributed by atoms with Crippen LogP contribution in [0.25, 0.3) is 0 Å². The van der Waals surface area contributed by atoms with E-state index in [1.54, 1.807) is 0 Å². The van der Waals surface area contributed by atoms with Crippen molar-refractivity contribution in [1.82, 2.24) is 0 Å². The molecule has 1 rings (SSSR count). The number of ether oxygens (including phenoxy) is 1. The summed E-state index contributed by atoms with van der Waals surface area (Å²) in [6, 6.07) is 0. The molecule has 0 aromatic heterocycles. The predicted octanol–water partition coefficient (Wildman–Crippen LogP) is 5.20. The van der Waals surface area contributed by atoms with Gasteiger partial charge >= 0.3 is 36.2 Å². The van der Waals surface area contributed by atoms with E-state index in [0.717, 1.165) is 0 Å². The van der Waals surface area contributed by atoms with Gasteiger partial charge in [0.25, 0.3) is 0 Å². The maximum absolute atomic E-state index is 14.8. The molecule has 0 spiro atoms. The number of alkyl halides is 12. The van der Waals surface area contributed by atoms with Gasteiger partial charge in [-0.2, -0.15) is 35.1 Å². The van der Waals surface area contributed by atoms with E-state index < -0.39 is 47.2 Å². The number of rotatable bonds is 1. The van der Waals surface area contributed by atoms with Crippen molar-refractivity contribution in [3.63, 3.8) is 0 Å². The Morgan fingerprint density at radius 2 is 1.12 bits per heavy atom. The summed E-state index contributed by atoms with van der Waals surface area (Å²) in [6.07, 6.45) is -19.0. The maximum Gasteiger partial charge on any atom is 0.434 e. The third-order valence-corrected chi connectivity index (χ3v) is 3.72. The second kappa shape index (κ2) is 4.85. The molecule has 3 unspecified atom stereocenters. The van der Waals surface area contributed by atoms with Crippen molar-refractivity contribution >= 4 is 0 Å². The SMILES string of the molecule is CC(C)(C)C1(F)C(F)(F)C(F)(C(F)F)OC(F)(F)C1(F)C(F)(F)F. The van der Waals surface area contributed by atoms with Crippen LogP contribution in [0.3, 0.4) is 0 Å². The molecule has 0 aromatic rings. The Kier molecular flexibility index (Phi) is 4.27. The summed E-state index contributed by atoms with van der Waals surface area (Å²) in [5.74, 6) is -12.8. The predicted molar refractivity (Wildman–Crippen MR) is 54.0 cm³/mol. The minimum absolute atomic E-state index is 0.0915. The zero-order valence-electron chi connectivity index (χ0n) is 12.0. The number of hydrogen-bond donors (Lipinski definition) is 0. The zero-order chi connectivity index (χ0) is 19.8. The second-order valence-electron chi connectivity index (χ2n) is 6.20. The van der Waals surface area contributed by atoms with Crippen LogP contribution in [-0.4, -0.2) is 41.8 Å². The van der Waals surface area contributed by atoms with Gasteiger partial charge in [0.15, 0.2) is 0 Å². The Labute approximate surface area is 126 Å². The van der Waals surface area contributed by atoms with Crippen LogP contribution >= 0.6 is 0 Å². The lowest BCUT2D eigenvalue weighted by molar-refractivity contribution is -0.545. The largest absolute Gasteiger partial charge is 0.434 e. The van der Waals surface area contributed by atoms with Crippen LogP contribution in [0.2, 0.25) is 0 Å². The third-order valence-electron chi connectivity index (χ3n) is 3.72.